The maximum Gasteiger partial charge on any atom is 0.194 e. The highest BCUT2D eigenvalue weighted by atomic mass is 16.7. The predicted octanol–water partition coefficient (Wildman–Crippen LogP) is 3.37. The van der Waals surface area contributed by atoms with Crippen LogP contribution in [0, 0.1) is 0 Å². The second-order valence-corrected chi connectivity index (χ2v) is 5.56. The van der Waals surface area contributed by atoms with E-state index in [0.29, 0.717) is 25.6 Å². The fourth-order valence-electron chi connectivity index (χ4n) is 2.85. The van der Waals surface area contributed by atoms with Crippen molar-refractivity contribution in [2.24, 2.45) is 0 Å². The van der Waals surface area contributed by atoms with Gasteiger partial charge in [-0.1, -0.05) is 37.3 Å². The summed E-state index contributed by atoms with van der Waals surface area (Å²) in [5, 5.41) is 9.68. The Kier molecular flexibility index (Phi) is 4.96. The summed E-state index contributed by atoms with van der Waals surface area (Å²) in [7, 11) is 0. The molecule has 0 spiro atoms. The van der Waals surface area contributed by atoms with E-state index < -0.39 is 5.79 Å². The van der Waals surface area contributed by atoms with E-state index in [-0.39, 0.29) is 6.61 Å². The first-order valence-electron chi connectivity index (χ1n) is 7.96. The van der Waals surface area contributed by atoms with Crippen LogP contribution in [-0.4, -0.2) is 18.3 Å². The molecule has 122 valence electrons. The first-order chi connectivity index (χ1) is 11.3. The lowest BCUT2D eigenvalue weighted by molar-refractivity contribution is -0.167. The van der Waals surface area contributed by atoms with Gasteiger partial charge in [-0.2, -0.15) is 0 Å². The molecule has 1 N–H and O–H groups in total. The summed E-state index contributed by atoms with van der Waals surface area (Å²) in [6, 6.07) is 15.7. The molecule has 4 nitrogen and oxygen atoms in total. The topological polar surface area (TPSA) is 47.9 Å². The normalized spacial score (nSPS) is 16.4. The first-order valence-corrected chi connectivity index (χ1v) is 7.96. The fraction of sp³-hybridized carbons (Fsp3) is 0.368. The zero-order chi connectivity index (χ0) is 16.1. The molecule has 1 fully saturated rings. The van der Waals surface area contributed by atoms with E-state index in [9.17, 15) is 5.11 Å². The number of hydrogen-bond acceptors (Lipinski definition) is 4. The molecular weight excluding hydrogens is 292 g/mol. The molecule has 0 radical (unpaired) electrons. The Morgan fingerprint density at radius 1 is 1.09 bits per heavy atom. The molecule has 1 saturated heterocycles. The lowest BCUT2D eigenvalue weighted by Gasteiger charge is -2.27. The molecule has 23 heavy (non-hydrogen) atoms. The molecule has 0 atom stereocenters. The Bertz CT molecular complexity index is 633. The number of hydrogen-bond donors (Lipinski definition) is 1. The van der Waals surface area contributed by atoms with E-state index in [0.717, 1.165) is 23.1 Å². The molecule has 0 bridgehead atoms. The zero-order valence-corrected chi connectivity index (χ0v) is 13.3. The SMILES string of the molecule is CCC1(c2ccc(OCc3ccccc3)c(CO)c2)OCCO1. The lowest BCUT2D eigenvalue weighted by Crippen LogP contribution is -2.26. The molecule has 3 rings (SSSR count). The third-order valence-corrected chi connectivity index (χ3v) is 4.13. The van der Waals surface area contributed by atoms with E-state index in [1.165, 1.54) is 0 Å². The quantitative estimate of drug-likeness (QED) is 0.888. The molecule has 0 aliphatic carbocycles. The smallest absolute Gasteiger partial charge is 0.194 e. The molecule has 0 aromatic heterocycles. The first kappa shape index (κ1) is 16.0. The minimum absolute atomic E-state index is 0.0856. The van der Waals surface area contributed by atoms with Gasteiger partial charge in [-0.3, -0.25) is 0 Å². The Morgan fingerprint density at radius 3 is 2.48 bits per heavy atom. The van der Waals surface area contributed by atoms with E-state index in [1.54, 1.807) is 0 Å². The van der Waals surface area contributed by atoms with Gasteiger partial charge in [-0.15, -0.1) is 0 Å². The van der Waals surface area contributed by atoms with E-state index in [2.05, 4.69) is 0 Å². The number of benzene rings is 2. The number of aliphatic hydroxyl groups excluding tert-OH is 1. The zero-order valence-electron chi connectivity index (χ0n) is 13.3. The van der Waals surface area contributed by atoms with Gasteiger partial charge in [0, 0.05) is 17.5 Å². The van der Waals surface area contributed by atoms with Crippen molar-refractivity contribution >= 4 is 0 Å². The third kappa shape index (κ3) is 3.39. The van der Waals surface area contributed by atoms with Gasteiger partial charge < -0.3 is 19.3 Å². The van der Waals surface area contributed by atoms with Crippen molar-refractivity contribution in [1.82, 2.24) is 0 Å². The van der Waals surface area contributed by atoms with E-state index >= 15 is 0 Å². The fourth-order valence-corrected chi connectivity index (χ4v) is 2.85. The summed E-state index contributed by atoms with van der Waals surface area (Å²) < 4.78 is 17.5. The highest BCUT2D eigenvalue weighted by Gasteiger charge is 2.37. The summed E-state index contributed by atoms with van der Waals surface area (Å²) in [6.07, 6.45) is 0.724. The minimum Gasteiger partial charge on any atom is -0.489 e. The summed E-state index contributed by atoms with van der Waals surface area (Å²) in [5.41, 5.74) is 2.76. The third-order valence-electron chi connectivity index (χ3n) is 4.13. The van der Waals surface area contributed by atoms with E-state index in [1.807, 2.05) is 55.5 Å². The van der Waals surface area contributed by atoms with Crippen LogP contribution in [0.15, 0.2) is 48.5 Å². The Balaban J connectivity index is 1.79. The van der Waals surface area contributed by atoms with Crippen LogP contribution in [0.3, 0.4) is 0 Å². The molecular formula is C19H22O4. The van der Waals surface area contributed by atoms with Crippen LogP contribution in [0.4, 0.5) is 0 Å². The average Bonchev–Trinajstić information content (AvgIpc) is 3.11. The molecule has 1 heterocycles. The van der Waals surface area contributed by atoms with Crippen LogP contribution in [-0.2, 0) is 28.5 Å². The van der Waals surface area contributed by atoms with Crippen molar-refractivity contribution in [3.63, 3.8) is 0 Å². The van der Waals surface area contributed by atoms with Gasteiger partial charge in [-0.05, 0) is 23.8 Å². The average molecular weight is 314 g/mol. The summed E-state index contributed by atoms with van der Waals surface area (Å²) in [4.78, 5) is 0. The van der Waals surface area contributed by atoms with Crippen LogP contribution >= 0.6 is 0 Å². The van der Waals surface area contributed by atoms with Crippen molar-refractivity contribution in [3.05, 3.63) is 65.2 Å². The number of aliphatic hydroxyl groups is 1. The summed E-state index contributed by atoms with van der Waals surface area (Å²) >= 11 is 0. The number of rotatable bonds is 6. The largest absolute Gasteiger partial charge is 0.489 e. The monoisotopic (exact) mass is 314 g/mol. The Hall–Kier alpha value is -1.88. The van der Waals surface area contributed by atoms with Gasteiger partial charge in [0.05, 0.1) is 19.8 Å². The standard InChI is InChI=1S/C19H22O4/c1-2-19(22-10-11-23-19)17-8-9-18(16(12-17)13-20)21-14-15-6-4-3-5-7-15/h3-9,12,20H,2,10-11,13-14H2,1H3. The van der Waals surface area contributed by atoms with Crippen LogP contribution in [0.2, 0.25) is 0 Å². The van der Waals surface area contributed by atoms with Gasteiger partial charge in [0.2, 0.25) is 0 Å². The predicted molar refractivity (Wildman–Crippen MR) is 87.0 cm³/mol. The molecule has 0 saturated carbocycles. The highest BCUT2D eigenvalue weighted by molar-refractivity contribution is 5.39. The minimum atomic E-state index is -0.693. The maximum absolute atomic E-state index is 9.68. The van der Waals surface area contributed by atoms with Gasteiger partial charge in [0.15, 0.2) is 5.79 Å². The van der Waals surface area contributed by atoms with Crippen molar-refractivity contribution < 1.29 is 19.3 Å². The van der Waals surface area contributed by atoms with Crippen molar-refractivity contribution in [3.8, 4) is 5.75 Å². The van der Waals surface area contributed by atoms with Crippen molar-refractivity contribution in [2.45, 2.75) is 32.3 Å². The Labute approximate surface area is 136 Å². The second kappa shape index (κ2) is 7.13. The molecule has 4 heteroatoms. The lowest BCUT2D eigenvalue weighted by atomic mass is 10.00. The van der Waals surface area contributed by atoms with Crippen LogP contribution in [0.25, 0.3) is 0 Å². The molecule has 0 unspecified atom stereocenters. The highest BCUT2D eigenvalue weighted by Crippen LogP contribution is 2.36. The van der Waals surface area contributed by atoms with Crippen LogP contribution in [0.5, 0.6) is 5.75 Å². The molecule has 1 aliphatic heterocycles. The van der Waals surface area contributed by atoms with E-state index in [4.69, 9.17) is 14.2 Å². The molecule has 2 aromatic rings. The van der Waals surface area contributed by atoms with Crippen LogP contribution < -0.4 is 4.74 Å². The second-order valence-electron chi connectivity index (χ2n) is 5.56. The van der Waals surface area contributed by atoms with Gasteiger partial charge in [-0.25, -0.2) is 0 Å². The molecule has 0 amide bonds. The van der Waals surface area contributed by atoms with Gasteiger partial charge in [0.25, 0.3) is 0 Å². The maximum atomic E-state index is 9.68. The summed E-state index contributed by atoms with van der Waals surface area (Å²) in [5.74, 6) is -0.00799. The van der Waals surface area contributed by atoms with Gasteiger partial charge >= 0.3 is 0 Å². The Morgan fingerprint density at radius 2 is 1.83 bits per heavy atom. The number of ether oxygens (including phenoxy) is 3. The molecule has 1 aliphatic rings. The molecule has 2 aromatic carbocycles. The van der Waals surface area contributed by atoms with Gasteiger partial charge in [0.1, 0.15) is 12.4 Å². The van der Waals surface area contributed by atoms with Crippen molar-refractivity contribution in [2.75, 3.05) is 13.2 Å². The van der Waals surface area contributed by atoms with Crippen molar-refractivity contribution in [1.29, 1.82) is 0 Å². The summed E-state index contributed by atoms with van der Waals surface area (Å²) in [6.45, 7) is 3.60. The van der Waals surface area contributed by atoms with Crippen LogP contribution in [0.1, 0.15) is 30.0 Å².